The Morgan fingerprint density at radius 1 is 1.04 bits per heavy atom. The van der Waals surface area contributed by atoms with Gasteiger partial charge in [-0.1, -0.05) is 26.7 Å². The standard InChI is InChI=1S/C23H37NO2/c1-22-12-11-18-16(17(22)9-10-21(22)26)14-20(25)19-8-5-7-15(23(18,19)2)6-3-4-13-24/h15-19H,3-14,24H2,1-2H3/t15?,16-,17-,18-,19?,22-,23+/m0/s1. The minimum absolute atomic E-state index is 0.131. The normalized spacial score (nSPS) is 48.0. The number of unbranched alkanes of at least 4 members (excludes halogenated alkanes) is 1. The molecule has 0 heterocycles. The fourth-order valence-electron chi connectivity index (χ4n) is 8.02. The molecule has 4 aliphatic carbocycles. The van der Waals surface area contributed by atoms with Crippen LogP contribution in [0.3, 0.4) is 0 Å². The summed E-state index contributed by atoms with van der Waals surface area (Å²) in [6.45, 7) is 5.46. The lowest BCUT2D eigenvalue weighted by molar-refractivity contribution is -0.165. The Bertz CT molecular complexity index is 587. The lowest BCUT2D eigenvalue weighted by Gasteiger charge is -2.61. The van der Waals surface area contributed by atoms with Gasteiger partial charge in [-0.05, 0) is 80.6 Å². The lowest BCUT2D eigenvalue weighted by atomic mass is 9.42. The maximum atomic E-state index is 13.2. The molecular formula is C23H37NO2. The molecule has 0 aromatic heterocycles. The van der Waals surface area contributed by atoms with E-state index in [0.29, 0.717) is 35.2 Å². The van der Waals surface area contributed by atoms with Crippen molar-refractivity contribution < 1.29 is 9.59 Å². The first-order chi connectivity index (χ1) is 12.4. The van der Waals surface area contributed by atoms with E-state index >= 15 is 0 Å². The van der Waals surface area contributed by atoms with Crippen molar-refractivity contribution in [1.82, 2.24) is 0 Å². The van der Waals surface area contributed by atoms with Crippen LogP contribution >= 0.6 is 0 Å². The van der Waals surface area contributed by atoms with Gasteiger partial charge in [0.2, 0.25) is 0 Å². The van der Waals surface area contributed by atoms with Crippen molar-refractivity contribution in [2.45, 2.75) is 84.5 Å². The summed E-state index contributed by atoms with van der Waals surface area (Å²) in [5, 5.41) is 0. The average molecular weight is 360 g/mol. The summed E-state index contributed by atoms with van der Waals surface area (Å²) in [5.74, 6) is 3.53. The van der Waals surface area contributed by atoms with Crippen LogP contribution in [0.4, 0.5) is 0 Å². The van der Waals surface area contributed by atoms with Crippen LogP contribution in [0.1, 0.15) is 84.5 Å². The number of fused-ring (bicyclic) bond motifs is 5. The first-order valence-electron chi connectivity index (χ1n) is 11.2. The highest BCUT2D eigenvalue weighted by Gasteiger charge is 2.63. The van der Waals surface area contributed by atoms with Crippen molar-refractivity contribution >= 4 is 11.6 Å². The molecule has 0 aromatic rings. The Labute approximate surface area is 158 Å². The monoisotopic (exact) mass is 359 g/mol. The van der Waals surface area contributed by atoms with Crippen molar-refractivity contribution in [3.05, 3.63) is 0 Å². The van der Waals surface area contributed by atoms with E-state index in [0.717, 1.165) is 51.5 Å². The zero-order chi connectivity index (χ0) is 18.5. The van der Waals surface area contributed by atoms with Gasteiger partial charge in [0.1, 0.15) is 11.6 Å². The summed E-state index contributed by atoms with van der Waals surface area (Å²) in [4.78, 5) is 25.8. The van der Waals surface area contributed by atoms with E-state index in [1.807, 2.05) is 0 Å². The third kappa shape index (κ3) is 2.56. The zero-order valence-corrected chi connectivity index (χ0v) is 16.8. The Morgan fingerprint density at radius 2 is 1.85 bits per heavy atom. The number of hydrogen-bond donors (Lipinski definition) is 1. The van der Waals surface area contributed by atoms with Crippen molar-refractivity contribution in [3.8, 4) is 0 Å². The predicted molar refractivity (Wildman–Crippen MR) is 104 cm³/mol. The molecular weight excluding hydrogens is 322 g/mol. The largest absolute Gasteiger partial charge is 0.330 e. The third-order valence-corrected chi connectivity index (χ3v) is 9.45. The highest BCUT2D eigenvalue weighted by atomic mass is 16.1. The maximum Gasteiger partial charge on any atom is 0.139 e. The molecule has 0 aliphatic heterocycles. The smallest absolute Gasteiger partial charge is 0.139 e. The Kier molecular flexibility index (Phi) is 4.82. The van der Waals surface area contributed by atoms with Gasteiger partial charge in [0.25, 0.3) is 0 Å². The molecule has 4 rings (SSSR count). The van der Waals surface area contributed by atoms with Gasteiger partial charge in [0.05, 0.1) is 0 Å². The van der Waals surface area contributed by atoms with E-state index in [9.17, 15) is 9.59 Å². The lowest BCUT2D eigenvalue weighted by Crippen LogP contribution is -2.58. The summed E-state index contributed by atoms with van der Waals surface area (Å²) < 4.78 is 0. The summed E-state index contributed by atoms with van der Waals surface area (Å²) in [6, 6.07) is 0. The van der Waals surface area contributed by atoms with Crippen molar-refractivity contribution in [2.24, 2.45) is 46.2 Å². The molecule has 146 valence electrons. The second-order valence-corrected chi connectivity index (χ2v) is 10.3. The van der Waals surface area contributed by atoms with Crippen LogP contribution in [0.15, 0.2) is 0 Å². The first-order valence-corrected chi connectivity index (χ1v) is 11.2. The van der Waals surface area contributed by atoms with E-state index in [2.05, 4.69) is 13.8 Å². The molecule has 26 heavy (non-hydrogen) atoms. The molecule has 4 aliphatic rings. The molecule has 0 amide bonds. The van der Waals surface area contributed by atoms with Crippen LogP contribution < -0.4 is 5.73 Å². The van der Waals surface area contributed by atoms with E-state index in [4.69, 9.17) is 5.73 Å². The van der Waals surface area contributed by atoms with Gasteiger partial charge < -0.3 is 5.73 Å². The van der Waals surface area contributed by atoms with Crippen LogP contribution in [0.2, 0.25) is 0 Å². The van der Waals surface area contributed by atoms with Crippen LogP contribution in [0, 0.1) is 40.4 Å². The molecule has 3 heteroatoms. The number of nitrogens with two attached hydrogens (primary N) is 1. The predicted octanol–water partition coefficient (Wildman–Crippen LogP) is 4.52. The van der Waals surface area contributed by atoms with E-state index in [-0.39, 0.29) is 16.7 Å². The van der Waals surface area contributed by atoms with Crippen molar-refractivity contribution in [2.75, 3.05) is 6.54 Å². The molecule has 2 N–H and O–H groups in total. The van der Waals surface area contributed by atoms with Gasteiger partial charge in [0.15, 0.2) is 0 Å². The van der Waals surface area contributed by atoms with Crippen LogP contribution in [0.5, 0.6) is 0 Å². The quantitative estimate of drug-likeness (QED) is 0.751. The second-order valence-electron chi connectivity index (χ2n) is 10.3. The summed E-state index contributed by atoms with van der Waals surface area (Å²) in [5.41, 5.74) is 5.77. The van der Waals surface area contributed by atoms with Crippen LogP contribution in [0.25, 0.3) is 0 Å². The second kappa shape index (κ2) is 6.72. The molecule has 0 aromatic carbocycles. The number of carbonyl (C=O) groups excluding carboxylic acids is 2. The fraction of sp³-hybridized carbons (Fsp3) is 0.913. The number of carbonyl (C=O) groups is 2. The number of Topliss-reactive ketones (excluding diaryl/α,β-unsaturated/α-hetero) is 2. The highest BCUT2D eigenvalue weighted by Crippen LogP contribution is 2.66. The molecule has 7 atom stereocenters. The van der Waals surface area contributed by atoms with Gasteiger partial charge in [0, 0.05) is 24.2 Å². The summed E-state index contributed by atoms with van der Waals surface area (Å²) in [6.07, 6.45) is 11.9. The number of rotatable bonds is 4. The minimum atomic E-state index is -0.131. The molecule has 4 saturated carbocycles. The molecule has 2 unspecified atom stereocenters. The topological polar surface area (TPSA) is 60.2 Å². The first kappa shape index (κ1) is 18.7. The average Bonchev–Trinajstić information content (AvgIpc) is 2.92. The van der Waals surface area contributed by atoms with E-state index in [1.54, 1.807) is 0 Å². The molecule has 0 spiro atoms. The third-order valence-electron chi connectivity index (χ3n) is 9.45. The van der Waals surface area contributed by atoms with Crippen molar-refractivity contribution in [1.29, 1.82) is 0 Å². The maximum absolute atomic E-state index is 13.2. The van der Waals surface area contributed by atoms with Gasteiger partial charge >= 0.3 is 0 Å². The summed E-state index contributed by atoms with van der Waals surface area (Å²) >= 11 is 0. The zero-order valence-electron chi connectivity index (χ0n) is 16.8. The molecule has 4 fully saturated rings. The van der Waals surface area contributed by atoms with Gasteiger partial charge in [-0.3, -0.25) is 9.59 Å². The Morgan fingerprint density at radius 3 is 2.62 bits per heavy atom. The molecule has 3 nitrogen and oxygen atoms in total. The van der Waals surface area contributed by atoms with Gasteiger partial charge in [-0.2, -0.15) is 0 Å². The Balaban J connectivity index is 1.65. The molecule has 0 saturated heterocycles. The summed E-state index contributed by atoms with van der Waals surface area (Å²) in [7, 11) is 0. The number of ketones is 2. The van der Waals surface area contributed by atoms with Gasteiger partial charge in [-0.15, -0.1) is 0 Å². The fourth-order valence-corrected chi connectivity index (χ4v) is 8.02. The minimum Gasteiger partial charge on any atom is -0.330 e. The van der Waals surface area contributed by atoms with Gasteiger partial charge in [-0.25, -0.2) is 0 Å². The molecule has 0 radical (unpaired) electrons. The van der Waals surface area contributed by atoms with Crippen LogP contribution in [-0.2, 0) is 9.59 Å². The number of hydrogen-bond acceptors (Lipinski definition) is 3. The van der Waals surface area contributed by atoms with Crippen molar-refractivity contribution in [3.63, 3.8) is 0 Å². The molecule has 0 bridgehead atoms. The Hall–Kier alpha value is -0.700. The van der Waals surface area contributed by atoms with Crippen LogP contribution in [-0.4, -0.2) is 18.1 Å². The van der Waals surface area contributed by atoms with E-state index in [1.165, 1.54) is 25.7 Å². The van der Waals surface area contributed by atoms with E-state index < -0.39 is 0 Å². The SMILES string of the molecule is C[C@]12C(CCCCN)CCCC1C(=O)C[C@@H]1[C@@H]2CC[C@]2(C)C(=O)CC[C@@H]12. The highest BCUT2D eigenvalue weighted by molar-refractivity contribution is 5.88.